The Labute approximate surface area is 137 Å². The molecule has 22 heavy (non-hydrogen) atoms. The molecule has 118 valence electrons. The van der Waals surface area contributed by atoms with E-state index in [1.54, 1.807) is 11.8 Å². The van der Waals surface area contributed by atoms with Gasteiger partial charge in [0, 0.05) is 16.4 Å². The van der Waals surface area contributed by atoms with Gasteiger partial charge in [-0.15, -0.1) is 5.10 Å². The van der Waals surface area contributed by atoms with Gasteiger partial charge in [0.05, 0.1) is 16.8 Å². The van der Waals surface area contributed by atoms with E-state index in [9.17, 15) is 4.21 Å². The van der Waals surface area contributed by atoms with Crippen molar-refractivity contribution in [2.75, 3.05) is 11.5 Å². The highest BCUT2D eigenvalue weighted by Gasteiger charge is 2.20. The van der Waals surface area contributed by atoms with Crippen LogP contribution in [0.2, 0.25) is 0 Å². The van der Waals surface area contributed by atoms with Crippen molar-refractivity contribution in [2.24, 2.45) is 0 Å². The molecule has 1 aromatic carbocycles. The third-order valence-corrected chi connectivity index (χ3v) is 6.46. The molecule has 1 heterocycles. The zero-order valence-electron chi connectivity index (χ0n) is 12.4. The van der Waals surface area contributed by atoms with E-state index >= 15 is 0 Å². The summed E-state index contributed by atoms with van der Waals surface area (Å²) < 4.78 is 14.2. The molecule has 0 saturated heterocycles. The number of tetrazole rings is 1. The molecule has 7 heteroatoms. The fraction of sp³-hybridized carbons (Fsp3) is 0.533. The van der Waals surface area contributed by atoms with Gasteiger partial charge in [-0.2, -0.15) is 0 Å². The average Bonchev–Trinajstić information content (AvgIpc) is 3.05. The Hall–Kier alpha value is -1.21. The lowest BCUT2D eigenvalue weighted by molar-refractivity contribution is 0.307. The first-order valence-corrected chi connectivity index (χ1v) is 9.99. The molecule has 1 atom stereocenters. The summed E-state index contributed by atoms with van der Waals surface area (Å²) in [4.78, 5) is 0.884. The van der Waals surface area contributed by atoms with Crippen molar-refractivity contribution in [1.29, 1.82) is 0 Å². The van der Waals surface area contributed by atoms with Crippen LogP contribution in [0.25, 0.3) is 0 Å². The Balaban J connectivity index is 1.54. The van der Waals surface area contributed by atoms with Crippen LogP contribution in [0.5, 0.6) is 0 Å². The predicted octanol–water partition coefficient (Wildman–Crippen LogP) is 3.08. The molecule has 3 rings (SSSR count). The van der Waals surface area contributed by atoms with Crippen LogP contribution < -0.4 is 0 Å². The van der Waals surface area contributed by atoms with Crippen molar-refractivity contribution in [3.8, 4) is 0 Å². The highest BCUT2D eigenvalue weighted by atomic mass is 32.2. The SMILES string of the molecule is O=S(CCSc1nnnn1C1CCCCC1)c1ccccc1. The first-order valence-electron chi connectivity index (χ1n) is 7.68. The first-order chi connectivity index (χ1) is 10.8. The Kier molecular flexibility index (Phi) is 5.61. The minimum Gasteiger partial charge on any atom is -0.254 e. The molecule has 0 bridgehead atoms. The van der Waals surface area contributed by atoms with E-state index in [1.807, 2.05) is 35.0 Å². The van der Waals surface area contributed by atoms with Gasteiger partial charge in [0.15, 0.2) is 0 Å². The minimum absolute atomic E-state index is 0.436. The Bertz CT molecular complexity index is 611. The number of aromatic nitrogens is 4. The molecule has 0 amide bonds. The molecule has 0 N–H and O–H groups in total. The first kappa shape index (κ1) is 15.7. The van der Waals surface area contributed by atoms with Gasteiger partial charge in [-0.05, 0) is 35.4 Å². The third-order valence-electron chi connectivity index (χ3n) is 3.89. The molecule has 0 spiro atoms. The van der Waals surface area contributed by atoms with Gasteiger partial charge < -0.3 is 0 Å². The Morgan fingerprint density at radius 1 is 1.18 bits per heavy atom. The highest BCUT2D eigenvalue weighted by molar-refractivity contribution is 8.00. The van der Waals surface area contributed by atoms with Gasteiger partial charge in [-0.25, -0.2) is 4.68 Å². The van der Waals surface area contributed by atoms with Crippen LogP contribution in [0.4, 0.5) is 0 Å². The summed E-state index contributed by atoms with van der Waals surface area (Å²) in [5, 5.41) is 13.0. The summed E-state index contributed by atoms with van der Waals surface area (Å²) in [7, 11) is -0.955. The predicted molar refractivity (Wildman–Crippen MR) is 88.4 cm³/mol. The number of hydrogen-bond acceptors (Lipinski definition) is 5. The van der Waals surface area contributed by atoms with Crippen LogP contribution in [0.15, 0.2) is 40.4 Å². The van der Waals surface area contributed by atoms with Crippen molar-refractivity contribution < 1.29 is 4.21 Å². The van der Waals surface area contributed by atoms with Gasteiger partial charge in [0.25, 0.3) is 0 Å². The van der Waals surface area contributed by atoms with E-state index in [0.717, 1.165) is 28.6 Å². The molecule has 5 nitrogen and oxygen atoms in total. The molecule has 1 aliphatic carbocycles. The summed E-state index contributed by atoms with van der Waals surface area (Å²) in [5.74, 6) is 1.38. The smallest absolute Gasteiger partial charge is 0.209 e. The van der Waals surface area contributed by atoms with E-state index in [1.165, 1.54) is 19.3 Å². The topological polar surface area (TPSA) is 60.7 Å². The summed E-state index contributed by atoms with van der Waals surface area (Å²) >= 11 is 1.60. The van der Waals surface area contributed by atoms with Crippen molar-refractivity contribution in [3.05, 3.63) is 30.3 Å². The second-order valence-corrected chi connectivity index (χ2v) is 8.04. The second-order valence-electron chi connectivity index (χ2n) is 5.41. The van der Waals surface area contributed by atoms with Gasteiger partial charge in [-0.1, -0.05) is 49.2 Å². The van der Waals surface area contributed by atoms with Gasteiger partial charge >= 0.3 is 0 Å². The van der Waals surface area contributed by atoms with Crippen LogP contribution in [0.1, 0.15) is 38.1 Å². The summed E-state index contributed by atoms with van der Waals surface area (Å²) in [6.07, 6.45) is 6.15. The zero-order valence-corrected chi connectivity index (χ0v) is 14.1. The highest BCUT2D eigenvalue weighted by Crippen LogP contribution is 2.30. The average molecular weight is 336 g/mol. The van der Waals surface area contributed by atoms with Crippen molar-refractivity contribution >= 4 is 22.6 Å². The van der Waals surface area contributed by atoms with Crippen LogP contribution in [-0.2, 0) is 10.8 Å². The monoisotopic (exact) mass is 336 g/mol. The molecule has 0 aliphatic heterocycles. The second kappa shape index (κ2) is 7.87. The normalized spacial score (nSPS) is 17.5. The maximum absolute atomic E-state index is 12.2. The van der Waals surface area contributed by atoms with E-state index in [4.69, 9.17) is 0 Å². The van der Waals surface area contributed by atoms with Crippen LogP contribution in [0, 0.1) is 0 Å². The molecule has 1 unspecified atom stereocenters. The van der Waals surface area contributed by atoms with Crippen molar-refractivity contribution in [2.45, 2.75) is 48.2 Å². The van der Waals surface area contributed by atoms with E-state index in [2.05, 4.69) is 15.5 Å². The molecular formula is C15H20N4OS2. The summed E-state index contributed by atoms with van der Waals surface area (Å²) in [6, 6.07) is 10.0. The standard InChI is InChI=1S/C15H20N4OS2/c20-22(14-9-5-2-6-10-14)12-11-21-15-16-17-18-19(15)13-7-3-1-4-8-13/h2,5-6,9-10,13H,1,3-4,7-8,11-12H2. The molecule has 2 aromatic rings. The lowest BCUT2D eigenvalue weighted by atomic mass is 9.96. The largest absolute Gasteiger partial charge is 0.254 e. The lowest BCUT2D eigenvalue weighted by Gasteiger charge is -2.21. The number of rotatable bonds is 6. The van der Waals surface area contributed by atoms with E-state index in [-0.39, 0.29) is 0 Å². The van der Waals surface area contributed by atoms with Crippen molar-refractivity contribution in [1.82, 2.24) is 20.2 Å². The third kappa shape index (κ3) is 3.95. The Morgan fingerprint density at radius 2 is 1.95 bits per heavy atom. The van der Waals surface area contributed by atoms with Crippen molar-refractivity contribution in [3.63, 3.8) is 0 Å². The number of hydrogen-bond donors (Lipinski definition) is 0. The molecule has 1 fully saturated rings. The fourth-order valence-electron chi connectivity index (χ4n) is 2.73. The van der Waals surface area contributed by atoms with Gasteiger partial charge in [-0.3, -0.25) is 4.21 Å². The van der Waals surface area contributed by atoms with E-state index in [0.29, 0.717) is 11.8 Å². The summed E-state index contributed by atoms with van der Waals surface area (Å²) in [6.45, 7) is 0. The van der Waals surface area contributed by atoms with Gasteiger partial charge in [0.2, 0.25) is 5.16 Å². The fourth-order valence-corrected chi connectivity index (χ4v) is 4.96. The van der Waals surface area contributed by atoms with Crippen LogP contribution in [0.3, 0.4) is 0 Å². The molecular weight excluding hydrogens is 316 g/mol. The minimum atomic E-state index is -0.955. The zero-order chi connectivity index (χ0) is 15.2. The quantitative estimate of drug-likeness (QED) is 0.759. The maximum atomic E-state index is 12.2. The molecule has 1 saturated carbocycles. The van der Waals surface area contributed by atoms with Crippen LogP contribution in [-0.4, -0.2) is 35.9 Å². The molecule has 1 aliphatic rings. The Morgan fingerprint density at radius 3 is 2.73 bits per heavy atom. The number of thioether (sulfide) groups is 1. The molecule has 1 aromatic heterocycles. The van der Waals surface area contributed by atoms with E-state index < -0.39 is 10.8 Å². The maximum Gasteiger partial charge on any atom is 0.209 e. The number of nitrogens with zero attached hydrogens (tertiary/aromatic N) is 4. The lowest BCUT2D eigenvalue weighted by Crippen LogP contribution is -2.15. The summed E-state index contributed by atoms with van der Waals surface area (Å²) in [5.41, 5.74) is 0. The number of benzene rings is 1. The van der Waals surface area contributed by atoms with Crippen LogP contribution >= 0.6 is 11.8 Å². The van der Waals surface area contributed by atoms with Gasteiger partial charge in [0.1, 0.15) is 0 Å². The molecule has 0 radical (unpaired) electrons.